The third kappa shape index (κ3) is 4.09. The van der Waals surface area contributed by atoms with Crippen molar-refractivity contribution in [1.29, 1.82) is 0 Å². The maximum absolute atomic E-state index is 12.6. The summed E-state index contributed by atoms with van der Waals surface area (Å²) in [5.41, 5.74) is 2.46. The zero-order chi connectivity index (χ0) is 21.1. The number of carbonyl (C=O) groups excluding carboxylic acids is 2. The smallest absolute Gasteiger partial charge is 0.265 e. The van der Waals surface area contributed by atoms with Crippen LogP contribution in [0.15, 0.2) is 66.7 Å². The molecule has 0 aromatic heterocycles. The Morgan fingerprint density at radius 2 is 1.90 bits per heavy atom. The Morgan fingerprint density at radius 3 is 2.63 bits per heavy atom. The lowest BCUT2D eigenvalue weighted by molar-refractivity contribution is -0.121. The van der Waals surface area contributed by atoms with Gasteiger partial charge in [0.05, 0.1) is 19.3 Å². The summed E-state index contributed by atoms with van der Waals surface area (Å²) in [7, 11) is 1.57. The van der Waals surface area contributed by atoms with Crippen LogP contribution >= 0.6 is 11.6 Å². The summed E-state index contributed by atoms with van der Waals surface area (Å²) in [5, 5.41) is 3.44. The van der Waals surface area contributed by atoms with E-state index in [1.165, 1.54) is 0 Å². The highest BCUT2D eigenvalue weighted by Gasteiger charge is 2.26. The number of fused-ring (bicyclic) bond motifs is 1. The third-order valence-corrected chi connectivity index (χ3v) is 5.17. The number of rotatable bonds is 5. The molecule has 1 aliphatic heterocycles. The number of halogens is 1. The number of nitrogens with one attached hydrogen (secondary N) is 1. The Labute approximate surface area is 179 Å². The Balaban J connectivity index is 1.59. The van der Waals surface area contributed by atoms with Crippen LogP contribution in [0.1, 0.15) is 15.9 Å². The van der Waals surface area contributed by atoms with Crippen molar-refractivity contribution >= 4 is 34.8 Å². The zero-order valence-corrected chi connectivity index (χ0v) is 17.0. The van der Waals surface area contributed by atoms with E-state index < -0.39 is 0 Å². The molecule has 0 spiro atoms. The van der Waals surface area contributed by atoms with Gasteiger partial charge in [-0.1, -0.05) is 29.8 Å². The van der Waals surface area contributed by atoms with Crippen molar-refractivity contribution in [3.05, 3.63) is 82.9 Å². The maximum Gasteiger partial charge on any atom is 0.265 e. The van der Waals surface area contributed by atoms with Gasteiger partial charge in [0.15, 0.2) is 6.61 Å². The molecule has 6 nitrogen and oxygen atoms in total. The van der Waals surface area contributed by atoms with Crippen molar-refractivity contribution < 1.29 is 19.1 Å². The van der Waals surface area contributed by atoms with Gasteiger partial charge in [0.25, 0.3) is 11.8 Å². The van der Waals surface area contributed by atoms with Gasteiger partial charge < -0.3 is 19.7 Å². The lowest BCUT2D eigenvalue weighted by Gasteiger charge is -2.30. The van der Waals surface area contributed by atoms with Crippen molar-refractivity contribution in [2.45, 2.75) is 6.54 Å². The van der Waals surface area contributed by atoms with E-state index in [-0.39, 0.29) is 18.4 Å². The van der Waals surface area contributed by atoms with Crippen molar-refractivity contribution in [1.82, 2.24) is 0 Å². The van der Waals surface area contributed by atoms with E-state index in [4.69, 9.17) is 21.1 Å². The van der Waals surface area contributed by atoms with Gasteiger partial charge in [-0.25, -0.2) is 0 Å². The van der Waals surface area contributed by atoms with E-state index in [1.54, 1.807) is 60.5 Å². The van der Waals surface area contributed by atoms with Crippen LogP contribution in [-0.4, -0.2) is 25.5 Å². The first-order valence-corrected chi connectivity index (χ1v) is 9.69. The minimum Gasteiger partial charge on any atom is -0.497 e. The van der Waals surface area contributed by atoms with Crippen molar-refractivity contribution in [3.8, 4) is 11.5 Å². The first-order chi connectivity index (χ1) is 14.5. The molecule has 3 aromatic carbocycles. The molecule has 1 N–H and O–H groups in total. The largest absolute Gasteiger partial charge is 0.497 e. The first-order valence-electron chi connectivity index (χ1n) is 9.31. The van der Waals surface area contributed by atoms with Gasteiger partial charge >= 0.3 is 0 Å². The van der Waals surface area contributed by atoms with Crippen LogP contribution in [0.25, 0.3) is 0 Å². The van der Waals surface area contributed by atoms with Crippen molar-refractivity contribution in [2.75, 3.05) is 23.9 Å². The van der Waals surface area contributed by atoms with Crippen molar-refractivity contribution in [3.63, 3.8) is 0 Å². The Morgan fingerprint density at radius 1 is 1.13 bits per heavy atom. The first kappa shape index (κ1) is 19.8. The highest BCUT2D eigenvalue weighted by molar-refractivity contribution is 6.31. The monoisotopic (exact) mass is 422 g/mol. The van der Waals surface area contributed by atoms with Crippen LogP contribution in [0.4, 0.5) is 11.4 Å². The molecule has 0 fully saturated rings. The molecule has 0 bridgehead atoms. The molecule has 7 heteroatoms. The van der Waals surface area contributed by atoms with E-state index in [2.05, 4.69) is 5.32 Å². The molecule has 1 aliphatic rings. The van der Waals surface area contributed by atoms with Gasteiger partial charge in [0.2, 0.25) is 0 Å². The van der Waals surface area contributed by atoms with Crippen LogP contribution in [0.5, 0.6) is 11.5 Å². The topological polar surface area (TPSA) is 67.9 Å². The molecule has 4 rings (SSSR count). The number of benzene rings is 3. The molecule has 0 aliphatic carbocycles. The molecule has 0 radical (unpaired) electrons. The molecule has 0 unspecified atom stereocenters. The summed E-state index contributed by atoms with van der Waals surface area (Å²) in [6.07, 6.45) is 0. The molecule has 152 valence electrons. The van der Waals surface area contributed by atoms with Gasteiger partial charge in [0, 0.05) is 16.3 Å². The highest BCUT2D eigenvalue weighted by atomic mass is 35.5. The van der Waals surface area contributed by atoms with Crippen molar-refractivity contribution in [2.24, 2.45) is 0 Å². The molecular formula is C23H19ClN2O4. The second-order valence-electron chi connectivity index (χ2n) is 6.73. The van der Waals surface area contributed by atoms with E-state index >= 15 is 0 Å². The molecule has 0 atom stereocenters. The number of ether oxygens (including phenoxy) is 2. The molecule has 3 aromatic rings. The fourth-order valence-electron chi connectivity index (χ4n) is 3.20. The fraction of sp³-hybridized carbons (Fsp3) is 0.130. The van der Waals surface area contributed by atoms with Crippen LogP contribution < -0.4 is 19.7 Å². The standard InChI is InChI=1S/C23H19ClN2O4/c1-29-18-9-6-15(7-10-18)23(28)25-17-8-11-21-20(12-17)26(22(27)14-30-21)13-16-4-2-3-5-19(16)24/h2-12H,13-14H2,1H3,(H,25,28). The second kappa shape index (κ2) is 8.47. The lowest BCUT2D eigenvalue weighted by atomic mass is 10.1. The van der Waals surface area contributed by atoms with Crippen LogP contribution in [0.2, 0.25) is 5.02 Å². The van der Waals surface area contributed by atoms with Crippen LogP contribution in [0, 0.1) is 0 Å². The minimum absolute atomic E-state index is 0.0466. The summed E-state index contributed by atoms with van der Waals surface area (Å²) in [6.45, 7) is 0.264. The predicted octanol–water partition coefficient (Wildman–Crippen LogP) is 4.53. The van der Waals surface area contributed by atoms with Gasteiger partial charge in [-0.2, -0.15) is 0 Å². The number of amides is 2. The molecular weight excluding hydrogens is 404 g/mol. The highest BCUT2D eigenvalue weighted by Crippen LogP contribution is 2.36. The maximum atomic E-state index is 12.6. The van der Waals surface area contributed by atoms with Crippen LogP contribution in [0.3, 0.4) is 0 Å². The predicted molar refractivity (Wildman–Crippen MR) is 116 cm³/mol. The van der Waals surface area contributed by atoms with Gasteiger partial charge in [-0.05, 0) is 54.1 Å². The summed E-state index contributed by atoms with van der Waals surface area (Å²) < 4.78 is 10.7. The third-order valence-electron chi connectivity index (χ3n) is 4.80. The zero-order valence-electron chi connectivity index (χ0n) is 16.2. The molecule has 2 amide bonds. The molecule has 0 saturated heterocycles. The second-order valence-corrected chi connectivity index (χ2v) is 7.13. The summed E-state index contributed by atoms with van der Waals surface area (Å²) in [4.78, 5) is 26.7. The SMILES string of the molecule is COc1ccc(C(=O)Nc2ccc3c(c2)N(Cc2ccccc2Cl)C(=O)CO3)cc1. The van der Waals surface area contributed by atoms with E-state index in [0.29, 0.717) is 40.0 Å². The van der Waals surface area contributed by atoms with Gasteiger partial charge in [0.1, 0.15) is 11.5 Å². The Hall–Kier alpha value is -3.51. The molecule has 30 heavy (non-hydrogen) atoms. The number of nitrogens with zero attached hydrogens (tertiary/aromatic N) is 1. The molecule has 1 heterocycles. The number of anilines is 2. The lowest BCUT2D eigenvalue weighted by Crippen LogP contribution is -2.38. The normalized spacial score (nSPS) is 12.7. The van der Waals surface area contributed by atoms with Gasteiger partial charge in [-0.15, -0.1) is 0 Å². The van der Waals surface area contributed by atoms with E-state index in [0.717, 1.165) is 5.56 Å². The quantitative estimate of drug-likeness (QED) is 0.656. The number of hydrogen-bond donors (Lipinski definition) is 1. The fourth-order valence-corrected chi connectivity index (χ4v) is 3.39. The Bertz CT molecular complexity index is 1100. The molecule has 0 saturated carbocycles. The average Bonchev–Trinajstić information content (AvgIpc) is 2.77. The number of carbonyl (C=O) groups is 2. The summed E-state index contributed by atoms with van der Waals surface area (Å²) >= 11 is 6.27. The summed E-state index contributed by atoms with van der Waals surface area (Å²) in [5.74, 6) is 0.801. The minimum atomic E-state index is -0.265. The van der Waals surface area contributed by atoms with E-state index in [1.807, 2.05) is 18.2 Å². The van der Waals surface area contributed by atoms with Gasteiger partial charge in [-0.3, -0.25) is 9.59 Å². The average molecular weight is 423 g/mol. The Kier molecular flexibility index (Phi) is 5.59. The summed E-state index contributed by atoms with van der Waals surface area (Å²) in [6, 6.07) is 19.4. The number of methoxy groups -OCH3 is 1. The van der Waals surface area contributed by atoms with Crippen LogP contribution in [-0.2, 0) is 11.3 Å². The number of hydrogen-bond acceptors (Lipinski definition) is 4. The van der Waals surface area contributed by atoms with E-state index in [9.17, 15) is 9.59 Å².